The monoisotopic (exact) mass is 350 g/mol. The maximum atomic E-state index is 9.55. The number of likely N-dealkylation sites (tertiary alicyclic amines) is 1. The summed E-state index contributed by atoms with van der Waals surface area (Å²) in [5.41, 5.74) is 3.42. The Kier molecular flexibility index (Phi) is 7.71. The number of rotatable bonds is 7. The highest BCUT2D eigenvalue weighted by atomic mass is 16.3. The lowest BCUT2D eigenvalue weighted by Crippen LogP contribution is -2.40. The normalized spacial score (nSPS) is 17.1. The number of guanidine groups is 1. The van der Waals surface area contributed by atoms with Gasteiger partial charge in [-0.05, 0) is 46.6 Å². The van der Waals surface area contributed by atoms with Gasteiger partial charge in [-0.1, -0.05) is 0 Å². The molecule has 2 heterocycles. The van der Waals surface area contributed by atoms with Crippen molar-refractivity contribution >= 4 is 5.96 Å². The molecule has 0 unspecified atom stereocenters. The van der Waals surface area contributed by atoms with E-state index in [-0.39, 0.29) is 6.10 Å². The fraction of sp³-hybridized carbons (Fsp3) is 0.778. The van der Waals surface area contributed by atoms with Crippen molar-refractivity contribution in [1.82, 2.24) is 25.3 Å². The molecule has 3 N–H and O–H groups in total. The number of nitrogens with zero attached hydrogens (tertiary/aromatic N) is 4. The van der Waals surface area contributed by atoms with E-state index in [2.05, 4.69) is 34.5 Å². The molecule has 0 saturated carbocycles. The third-order valence-corrected chi connectivity index (χ3v) is 4.90. The largest absolute Gasteiger partial charge is 0.393 e. The van der Waals surface area contributed by atoms with Crippen LogP contribution in [-0.2, 0) is 13.6 Å². The first-order valence-electron chi connectivity index (χ1n) is 9.43. The zero-order valence-electron chi connectivity index (χ0n) is 16.2. The average molecular weight is 351 g/mol. The lowest BCUT2D eigenvalue weighted by Gasteiger charge is -2.29. The quantitative estimate of drug-likeness (QED) is 0.388. The van der Waals surface area contributed by atoms with E-state index in [1.54, 1.807) is 0 Å². The van der Waals surface area contributed by atoms with Gasteiger partial charge in [0.05, 0.1) is 18.3 Å². The van der Waals surface area contributed by atoms with Crippen molar-refractivity contribution in [3.8, 4) is 0 Å². The predicted molar refractivity (Wildman–Crippen MR) is 102 cm³/mol. The molecule has 0 bridgehead atoms. The van der Waals surface area contributed by atoms with Gasteiger partial charge in [0.2, 0.25) is 0 Å². The van der Waals surface area contributed by atoms with E-state index < -0.39 is 0 Å². The van der Waals surface area contributed by atoms with Crippen molar-refractivity contribution in [3.63, 3.8) is 0 Å². The third-order valence-electron chi connectivity index (χ3n) is 4.90. The molecule has 1 aromatic rings. The van der Waals surface area contributed by atoms with Crippen LogP contribution in [0.4, 0.5) is 0 Å². The summed E-state index contributed by atoms with van der Waals surface area (Å²) in [5.74, 6) is 0.860. The maximum Gasteiger partial charge on any atom is 0.191 e. The molecule has 0 spiro atoms. The molecule has 1 saturated heterocycles. The number of aliphatic hydroxyl groups is 1. The summed E-state index contributed by atoms with van der Waals surface area (Å²) in [4.78, 5) is 7.14. The van der Waals surface area contributed by atoms with Gasteiger partial charge in [-0.25, -0.2) is 4.99 Å². The summed E-state index contributed by atoms with van der Waals surface area (Å²) < 4.78 is 1.91. The second-order valence-corrected chi connectivity index (χ2v) is 6.82. The summed E-state index contributed by atoms with van der Waals surface area (Å²) >= 11 is 0. The Bertz CT molecular complexity index is 560. The van der Waals surface area contributed by atoms with E-state index in [1.165, 1.54) is 11.3 Å². The molecular weight excluding hydrogens is 316 g/mol. The second kappa shape index (κ2) is 9.77. The Labute approximate surface area is 151 Å². The van der Waals surface area contributed by atoms with E-state index >= 15 is 0 Å². The Morgan fingerprint density at radius 3 is 2.60 bits per heavy atom. The van der Waals surface area contributed by atoms with Crippen molar-refractivity contribution in [3.05, 3.63) is 17.0 Å². The van der Waals surface area contributed by atoms with Gasteiger partial charge in [-0.3, -0.25) is 4.68 Å². The molecule has 25 heavy (non-hydrogen) atoms. The van der Waals surface area contributed by atoms with Crippen molar-refractivity contribution in [2.75, 3.05) is 32.7 Å². The highest BCUT2D eigenvalue weighted by Gasteiger charge is 2.16. The molecule has 2 rings (SSSR count). The second-order valence-electron chi connectivity index (χ2n) is 6.82. The third kappa shape index (κ3) is 6.01. The van der Waals surface area contributed by atoms with Gasteiger partial charge in [0.25, 0.3) is 0 Å². The van der Waals surface area contributed by atoms with Gasteiger partial charge in [0, 0.05) is 44.5 Å². The van der Waals surface area contributed by atoms with Crippen molar-refractivity contribution in [2.45, 2.75) is 52.7 Å². The molecule has 0 aromatic carbocycles. The molecule has 7 nitrogen and oxygen atoms in total. The Balaban J connectivity index is 1.77. The van der Waals surface area contributed by atoms with E-state index in [0.29, 0.717) is 6.54 Å². The van der Waals surface area contributed by atoms with Gasteiger partial charge >= 0.3 is 0 Å². The molecule has 0 amide bonds. The average Bonchev–Trinajstić information content (AvgIpc) is 2.83. The number of aromatic nitrogens is 2. The van der Waals surface area contributed by atoms with Crippen LogP contribution in [0.2, 0.25) is 0 Å². The van der Waals surface area contributed by atoms with Crippen LogP contribution in [0.3, 0.4) is 0 Å². The molecular formula is C18H34N6O. The minimum atomic E-state index is -0.0961. The smallest absolute Gasteiger partial charge is 0.191 e. The topological polar surface area (TPSA) is 77.7 Å². The first kappa shape index (κ1) is 19.7. The molecule has 0 radical (unpaired) electrons. The van der Waals surface area contributed by atoms with Crippen molar-refractivity contribution in [2.24, 2.45) is 12.0 Å². The highest BCUT2D eigenvalue weighted by Crippen LogP contribution is 2.13. The minimum Gasteiger partial charge on any atom is -0.393 e. The van der Waals surface area contributed by atoms with Gasteiger partial charge in [-0.15, -0.1) is 0 Å². The zero-order valence-corrected chi connectivity index (χ0v) is 16.2. The number of aliphatic imine (C=N–C) groups is 1. The summed E-state index contributed by atoms with van der Waals surface area (Å²) in [5, 5.41) is 20.7. The maximum absolute atomic E-state index is 9.55. The first-order chi connectivity index (χ1) is 12.0. The minimum absolute atomic E-state index is 0.0961. The van der Waals surface area contributed by atoms with Crippen molar-refractivity contribution in [1.29, 1.82) is 0 Å². The predicted octanol–water partition coefficient (Wildman–Crippen LogP) is 0.939. The number of nitrogens with one attached hydrogen (secondary N) is 2. The Hall–Kier alpha value is -1.60. The van der Waals surface area contributed by atoms with Crippen LogP contribution in [0.1, 0.15) is 43.1 Å². The van der Waals surface area contributed by atoms with Crippen LogP contribution in [0.5, 0.6) is 0 Å². The van der Waals surface area contributed by atoms with Crippen LogP contribution in [-0.4, -0.2) is 64.6 Å². The molecule has 1 aliphatic heterocycles. The van der Waals surface area contributed by atoms with E-state index in [0.717, 1.165) is 63.6 Å². The number of aryl methyl sites for hydroxylation is 2. The Morgan fingerprint density at radius 2 is 2.00 bits per heavy atom. The summed E-state index contributed by atoms with van der Waals surface area (Å²) in [6, 6.07) is 0. The molecule has 1 aromatic heterocycles. The molecule has 1 fully saturated rings. The molecule has 142 valence electrons. The fourth-order valence-electron chi connectivity index (χ4n) is 3.20. The first-order valence-corrected chi connectivity index (χ1v) is 9.43. The van der Waals surface area contributed by atoms with Crippen LogP contribution in [0.25, 0.3) is 0 Å². The lowest BCUT2D eigenvalue weighted by molar-refractivity contribution is 0.0823. The van der Waals surface area contributed by atoms with Gasteiger partial charge in [0.15, 0.2) is 5.96 Å². The summed E-state index contributed by atoms with van der Waals surface area (Å²) in [6.07, 6.45) is 2.79. The molecule has 0 aliphatic carbocycles. The molecule has 7 heteroatoms. The highest BCUT2D eigenvalue weighted by molar-refractivity contribution is 5.79. The number of hydrogen-bond acceptors (Lipinski definition) is 4. The summed E-state index contributed by atoms with van der Waals surface area (Å²) in [6.45, 7) is 11.7. The molecule has 1 aliphatic rings. The van der Waals surface area contributed by atoms with Crippen molar-refractivity contribution < 1.29 is 5.11 Å². The van der Waals surface area contributed by atoms with Gasteiger partial charge in [-0.2, -0.15) is 5.10 Å². The standard InChI is InChI=1S/C18H34N6O/c1-5-19-18(21-13-17-14(2)22-23(4)15(17)3)20-9-6-10-24-11-7-16(25)8-12-24/h16,25H,5-13H2,1-4H3,(H2,19,20,21). The van der Waals surface area contributed by atoms with Gasteiger partial charge < -0.3 is 20.6 Å². The summed E-state index contributed by atoms with van der Waals surface area (Å²) in [7, 11) is 1.97. The zero-order chi connectivity index (χ0) is 18.2. The van der Waals surface area contributed by atoms with Crippen LogP contribution in [0, 0.1) is 13.8 Å². The number of aliphatic hydroxyl groups excluding tert-OH is 1. The fourth-order valence-corrected chi connectivity index (χ4v) is 3.20. The molecule has 0 atom stereocenters. The Morgan fingerprint density at radius 1 is 1.28 bits per heavy atom. The SMILES string of the molecule is CCNC(=NCc1c(C)nn(C)c1C)NCCCN1CCC(O)CC1. The van der Waals surface area contributed by atoms with Crippen LogP contribution < -0.4 is 10.6 Å². The van der Waals surface area contributed by atoms with E-state index in [9.17, 15) is 5.11 Å². The van der Waals surface area contributed by atoms with Crippen LogP contribution in [0.15, 0.2) is 4.99 Å². The van der Waals surface area contributed by atoms with E-state index in [4.69, 9.17) is 4.99 Å². The number of piperidine rings is 1. The number of hydrogen-bond donors (Lipinski definition) is 3. The lowest BCUT2D eigenvalue weighted by atomic mass is 10.1. The van der Waals surface area contributed by atoms with E-state index in [1.807, 2.05) is 18.7 Å². The van der Waals surface area contributed by atoms with Crippen LogP contribution >= 0.6 is 0 Å². The van der Waals surface area contributed by atoms with Gasteiger partial charge in [0.1, 0.15) is 0 Å².